The molecule has 0 aliphatic heterocycles. The zero-order valence-corrected chi connectivity index (χ0v) is 16.1. The first kappa shape index (κ1) is 18.4. The summed E-state index contributed by atoms with van der Waals surface area (Å²) in [5.74, 6) is 1.33. The fourth-order valence-electron chi connectivity index (χ4n) is 3.57. The number of rotatable bonds is 8. The first-order valence-corrected chi connectivity index (χ1v) is 9.18. The average molecular weight is 356 g/mol. The van der Waals surface area contributed by atoms with E-state index in [1.54, 1.807) is 14.2 Å². The van der Waals surface area contributed by atoms with Crippen LogP contribution in [0.2, 0.25) is 0 Å². The van der Waals surface area contributed by atoms with E-state index in [0.29, 0.717) is 30.5 Å². The maximum absolute atomic E-state index is 12.2. The van der Waals surface area contributed by atoms with Crippen LogP contribution in [0.3, 0.4) is 0 Å². The van der Waals surface area contributed by atoms with Gasteiger partial charge in [-0.15, -0.1) is 0 Å². The smallest absolute Gasteiger partial charge is 0.224 e. The van der Waals surface area contributed by atoms with Crippen LogP contribution in [0.25, 0.3) is 0 Å². The van der Waals surface area contributed by atoms with Crippen molar-refractivity contribution in [3.63, 3.8) is 0 Å². The molecule has 1 aromatic heterocycles. The van der Waals surface area contributed by atoms with Crippen molar-refractivity contribution >= 4 is 5.91 Å². The van der Waals surface area contributed by atoms with Crippen molar-refractivity contribution in [2.45, 2.75) is 45.6 Å². The lowest BCUT2D eigenvalue weighted by molar-refractivity contribution is -0.120. The summed E-state index contributed by atoms with van der Waals surface area (Å²) in [6, 6.07) is 8.53. The predicted molar refractivity (Wildman–Crippen MR) is 102 cm³/mol. The minimum Gasteiger partial charge on any atom is -0.493 e. The molecule has 1 aliphatic rings. The molecule has 1 saturated carbocycles. The SMILES string of the molecule is COc1ccc(CC(=O)NCCc2cc(C)n(C3CC3)c2C)cc1OC. The van der Waals surface area contributed by atoms with E-state index in [1.807, 2.05) is 18.2 Å². The second-order valence-electron chi connectivity index (χ2n) is 6.96. The number of carbonyl (C=O) groups is 1. The molecule has 0 unspecified atom stereocenters. The number of carbonyl (C=O) groups excluding carboxylic acids is 1. The first-order chi connectivity index (χ1) is 12.5. The molecule has 5 heteroatoms. The number of hydrogen-bond donors (Lipinski definition) is 1. The number of ether oxygens (including phenoxy) is 2. The highest BCUT2D eigenvalue weighted by molar-refractivity contribution is 5.78. The summed E-state index contributed by atoms with van der Waals surface area (Å²) >= 11 is 0. The molecule has 0 saturated heterocycles. The topological polar surface area (TPSA) is 52.5 Å². The molecule has 3 rings (SSSR count). The first-order valence-electron chi connectivity index (χ1n) is 9.18. The minimum absolute atomic E-state index is 0.0215. The second kappa shape index (κ2) is 7.85. The molecular weight excluding hydrogens is 328 g/mol. The number of nitrogens with zero attached hydrogens (tertiary/aromatic N) is 1. The van der Waals surface area contributed by atoms with Gasteiger partial charge in [-0.25, -0.2) is 0 Å². The summed E-state index contributed by atoms with van der Waals surface area (Å²) < 4.78 is 13.0. The van der Waals surface area contributed by atoms with Crippen LogP contribution < -0.4 is 14.8 Å². The van der Waals surface area contributed by atoms with Crippen molar-refractivity contribution in [3.05, 3.63) is 46.8 Å². The number of methoxy groups -OCH3 is 2. The fourth-order valence-corrected chi connectivity index (χ4v) is 3.57. The summed E-state index contributed by atoms with van der Waals surface area (Å²) in [5.41, 5.74) is 4.92. The second-order valence-corrected chi connectivity index (χ2v) is 6.96. The Hall–Kier alpha value is -2.43. The molecule has 1 aromatic carbocycles. The van der Waals surface area contributed by atoms with Crippen LogP contribution in [0.5, 0.6) is 11.5 Å². The molecule has 1 fully saturated rings. The van der Waals surface area contributed by atoms with Gasteiger partial charge in [0.1, 0.15) is 0 Å². The summed E-state index contributed by atoms with van der Waals surface area (Å²) in [5, 5.41) is 3.03. The number of benzene rings is 1. The van der Waals surface area contributed by atoms with E-state index in [0.717, 1.165) is 12.0 Å². The van der Waals surface area contributed by atoms with Gasteiger partial charge in [0.15, 0.2) is 11.5 Å². The van der Waals surface area contributed by atoms with E-state index in [9.17, 15) is 4.79 Å². The normalized spacial score (nSPS) is 13.5. The lowest BCUT2D eigenvalue weighted by atomic mass is 10.1. The van der Waals surface area contributed by atoms with Crippen molar-refractivity contribution in [1.82, 2.24) is 9.88 Å². The van der Waals surface area contributed by atoms with Gasteiger partial charge < -0.3 is 19.4 Å². The lowest BCUT2D eigenvalue weighted by Crippen LogP contribution is -2.27. The maximum Gasteiger partial charge on any atom is 0.224 e. The van der Waals surface area contributed by atoms with Gasteiger partial charge in [0.2, 0.25) is 5.91 Å². The Labute approximate surface area is 155 Å². The number of amides is 1. The molecule has 0 bridgehead atoms. The number of hydrogen-bond acceptors (Lipinski definition) is 3. The molecular formula is C21H28N2O3. The van der Waals surface area contributed by atoms with Crippen molar-refractivity contribution in [3.8, 4) is 11.5 Å². The van der Waals surface area contributed by atoms with E-state index in [-0.39, 0.29) is 5.91 Å². The third-order valence-electron chi connectivity index (χ3n) is 5.03. The molecule has 1 heterocycles. The Morgan fingerprint density at radius 3 is 2.54 bits per heavy atom. The standard InChI is InChI=1S/C21H28N2O3/c1-14-11-17(15(2)23(14)18-6-7-18)9-10-22-21(24)13-16-5-8-19(25-3)20(12-16)26-4/h5,8,11-12,18H,6-7,9-10,13H2,1-4H3,(H,22,24). The Kier molecular flexibility index (Phi) is 5.55. The van der Waals surface area contributed by atoms with E-state index in [2.05, 4.69) is 29.8 Å². The van der Waals surface area contributed by atoms with Crippen LogP contribution >= 0.6 is 0 Å². The molecule has 0 radical (unpaired) electrons. The number of nitrogens with one attached hydrogen (secondary N) is 1. The molecule has 140 valence electrons. The highest BCUT2D eigenvalue weighted by Gasteiger charge is 2.26. The third-order valence-corrected chi connectivity index (χ3v) is 5.03. The van der Waals surface area contributed by atoms with Gasteiger partial charge in [0.05, 0.1) is 20.6 Å². The van der Waals surface area contributed by atoms with Gasteiger partial charge >= 0.3 is 0 Å². The van der Waals surface area contributed by atoms with Gasteiger partial charge in [0, 0.05) is 24.0 Å². The lowest BCUT2D eigenvalue weighted by Gasteiger charge is -2.10. The van der Waals surface area contributed by atoms with Crippen LogP contribution in [-0.2, 0) is 17.6 Å². The Morgan fingerprint density at radius 1 is 1.15 bits per heavy atom. The third kappa shape index (κ3) is 4.03. The summed E-state index contributed by atoms with van der Waals surface area (Å²) in [4.78, 5) is 12.2. The molecule has 1 N–H and O–H groups in total. The van der Waals surface area contributed by atoms with Crippen molar-refractivity contribution in [2.75, 3.05) is 20.8 Å². The molecule has 1 amide bonds. The highest BCUT2D eigenvalue weighted by atomic mass is 16.5. The molecule has 1 aliphatic carbocycles. The van der Waals surface area contributed by atoms with E-state index >= 15 is 0 Å². The van der Waals surface area contributed by atoms with Gasteiger partial charge in [-0.2, -0.15) is 0 Å². The largest absolute Gasteiger partial charge is 0.493 e. The number of aryl methyl sites for hydroxylation is 1. The molecule has 5 nitrogen and oxygen atoms in total. The van der Waals surface area contributed by atoms with Gasteiger partial charge in [-0.05, 0) is 62.4 Å². The van der Waals surface area contributed by atoms with Crippen molar-refractivity contribution in [1.29, 1.82) is 0 Å². The average Bonchev–Trinajstić information content (AvgIpc) is 3.41. The van der Waals surface area contributed by atoms with Crippen LogP contribution in [0, 0.1) is 13.8 Å². The molecule has 0 atom stereocenters. The van der Waals surface area contributed by atoms with Crippen LogP contribution in [0.4, 0.5) is 0 Å². The summed E-state index contributed by atoms with van der Waals surface area (Å²) in [7, 11) is 3.20. The van der Waals surface area contributed by atoms with Crippen molar-refractivity contribution < 1.29 is 14.3 Å². The number of aromatic nitrogens is 1. The summed E-state index contributed by atoms with van der Waals surface area (Å²) in [6.07, 6.45) is 3.78. The molecule has 0 spiro atoms. The minimum atomic E-state index is 0.0215. The van der Waals surface area contributed by atoms with Crippen LogP contribution in [0.15, 0.2) is 24.3 Å². The Balaban J connectivity index is 1.52. The zero-order chi connectivity index (χ0) is 18.7. The quantitative estimate of drug-likeness (QED) is 0.789. The van der Waals surface area contributed by atoms with Gasteiger partial charge in [-0.3, -0.25) is 4.79 Å². The van der Waals surface area contributed by atoms with Crippen LogP contribution in [-0.4, -0.2) is 31.2 Å². The monoisotopic (exact) mass is 356 g/mol. The maximum atomic E-state index is 12.2. The van der Waals surface area contributed by atoms with E-state index in [1.165, 1.54) is 29.8 Å². The Bertz CT molecular complexity index is 791. The predicted octanol–water partition coefficient (Wildman–Crippen LogP) is 3.36. The zero-order valence-electron chi connectivity index (χ0n) is 16.1. The molecule has 26 heavy (non-hydrogen) atoms. The molecule has 2 aromatic rings. The van der Waals surface area contributed by atoms with Gasteiger partial charge in [0.25, 0.3) is 0 Å². The summed E-state index contributed by atoms with van der Waals surface area (Å²) in [6.45, 7) is 5.01. The van der Waals surface area contributed by atoms with Crippen molar-refractivity contribution in [2.24, 2.45) is 0 Å². The Morgan fingerprint density at radius 2 is 1.88 bits per heavy atom. The van der Waals surface area contributed by atoms with E-state index in [4.69, 9.17) is 9.47 Å². The highest BCUT2D eigenvalue weighted by Crippen LogP contribution is 2.38. The fraction of sp³-hybridized carbons (Fsp3) is 0.476. The van der Waals surface area contributed by atoms with Gasteiger partial charge in [-0.1, -0.05) is 6.07 Å². The van der Waals surface area contributed by atoms with Crippen LogP contribution in [0.1, 0.15) is 41.4 Å². The van der Waals surface area contributed by atoms with E-state index < -0.39 is 0 Å².